The van der Waals surface area contributed by atoms with E-state index in [0.29, 0.717) is 0 Å². The Bertz CT molecular complexity index is 1190. The first-order valence-electron chi connectivity index (χ1n) is 18.8. The summed E-state index contributed by atoms with van der Waals surface area (Å²) in [5.41, 5.74) is 15.9. The van der Waals surface area contributed by atoms with Crippen molar-refractivity contribution in [1.29, 1.82) is 0 Å². The second-order valence-electron chi connectivity index (χ2n) is 12.1. The van der Waals surface area contributed by atoms with Gasteiger partial charge in [0.25, 0.3) is 11.8 Å². The lowest BCUT2D eigenvalue weighted by Gasteiger charge is -2.14. The van der Waals surface area contributed by atoms with E-state index in [9.17, 15) is 28.8 Å². The molecule has 6 amide bonds. The summed E-state index contributed by atoms with van der Waals surface area (Å²) < 4.78 is 0. The van der Waals surface area contributed by atoms with Crippen LogP contribution < -0.4 is 43.6 Å². The number of hydrogen-bond acceptors (Lipinski definition) is 13. The van der Waals surface area contributed by atoms with Gasteiger partial charge in [-0.3, -0.25) is 28.8 Å². The molecule has 0 aliphatic rings. The van der Waals surface area contributed by atoms with Crippen LogP contribution in [0.1, 0.15) is 104 Å². The van der Waals surface area contributed by atoms with Crippen LogP contribution in [-0.2, 0) is 28.8 Å². The van der Waals surface area contributed by atoms with E-state index in [1.165, 1.54) is 81.7 Å². The molecule has 0 radical (unpaired) electrons. The highest BCUT2D eigenvalue weighted by atomic mass is 33.1. The Kier molecular flexibility index (Phi) is 35.6. The summed E-state index contributed by atoms with van der Waals surface area (Å²) in [4.78, 5) is 76.7. The molecule has 10 N–H and O–H groups in total. The zero-order valence-electron chi connectivity index (χ0n) is 32.4. The minimum atomic E-state index is -1.01. The standard InChI is InChI=1S/C34H63N11O6S4/c1-3-5-7-9-11-13-17-41-44-31(49)25-54-52-23-29(47)38-20-19-37-28(46)16-15-27(43-34(35)36)33(51)40-22-21-39-30(48)24-53-55-26-32(50)45-42-18-14-12-10-8-6-4-2/h17-18,27H,3-16,19-26H2,1-2H3,(H,37,46)(H,38,47)(H,39,48)(H,40,51)(H,44,49)(H,45,50)(H4,35,36,43)/b41-17-,42-18-/t27-/m0/s1. The smallest absolute Gasteiger partial charge is 0.250 e. The van der Waals surface area contributed by atoms with Crippen LogP contribution in [0.3, 0.4) is 0 Å². The van der Waals surface area contributed by atoms with Crippen molar-refractivity contribution in [2.75, 3.05) is 49.2 Å². The van der Waals surface area contributed by atoms with Crippen LogP contribution in [0.5, 0.6) is 0 Å². The third-order valence-electron chi connectivity index (χ3n) is 7.13. The molecule has 21 heteroatoms. The highest BCUT2D eigenvalue weighted by Gasteiger charge is 2.19. The fourth-order valence-electron chi connectivity index (χ4n) is 4.29. The molecule has 0 aromatic carbocycles. The van der Waals surface area contributed by atoms with Gasteiger partial charge in [-0.05, 0) is 32.1 Å². The second-order valence-corrected chi connectivity index (χ2v) is 17.0. The first-order valence-corrected chi connectivity index (χ1v) is 23.8. The third kappa shape index (κ3) is 36.2. The Balaban J connectivity index is 4.05. The number of guanidine groups is 1. The Morgan fingerprint density at radius 2 is 0.945 bits per heavy atom. The van der Waals surface area contributed by atoms with Crippen molar-refractivity contribution >= 4 is 97.0 Å². The molecule has 0 rings (SSSR count). The molecule has 1 atom stereocenters. The van der Waals surface area contributed by atoms with Gasteiger partial charge in [-0.15, -0.1) is 0 Å². The van der Waals surface area contributed by atoms with Crippen molar-refractivity contribution in [3.05, 3.63) is 0 Å². The summed E-state index contributed by atoms with van der Waals surface area (Å²) >= 11 is 0. The second kappa shape index (κ2) is 37.7. The van der Waals surface area contributed by atoms with Gasteiger partial charge in [0.2, 0.25) is 23.6 Å². The first-order chi connectivity index (χ1) is 26.6. The molecule has 0 saturated heterocycles. The van der Waals surface area contributed by atoms with E-state index in [4.69, 9.17) is 11.5 Å². The average Bonchev–Trinajstić information content (AvgIpc) is 3.15. The number of carbonyl (C=O) groups excluding carboxylic acids is 6. The maximum Gasteiger partial charge on any atom is 0.250 e. The van der Waals surface area contributed by atoms with Gasteiger partial charge in [0.1, 0.15) is 6.04 Å². The quantitative estimate of drug-likeness (QED) is 0.0151. The van der Waals surface area contributed by atoms with Crippen LogP contribution in [0, 0.1) is 0 Å². The van der Waals surface area contributed by atoms with E-state index < -0.39 is 11.9 Å². The summed E-state index contributed by atoms with van der Waals surface area (Å²) in [6.07, 6.45) is 16.8. The van der Waals surface area contributed by atoms with Crippen LogP contribution in [0.15, 0.2) is 15.2 Å². The van der Waals surface area contributed by atoms with Crippen LogP contribution in [-0.4, -0.2) is 109 Å². The summed E-state index contributed by atoms with van der Waals surface area (Å²) in [6, 6.07) is -1.01. The first kappa shape index (κ1) is 51.8. The van der Waals surface area contributed by atoms with Crippen molar-refractivity contribution in [2.45, 2.75) is 110 Å². The number of hydrogen-bond donors (Lipinski definition) is 8. The summed E-state index contributed by atoms with van der Waals surface area (Å²) in [7, 11) is 4.96. The summed E-state index contributed by atoms with van der Waals surface area (Å²) in [5, 5.41) is 18.5. The van der Waals surface area contributed by atoms with Crippen molar-refractivity contribution in [2.24, 2.45) is 26.7 Å². The summed E-state index contributed by atoms with van der Waals surface area (Å²) in [6.45, 7) is 4.99. The van der Waals surface area contributed by atoms with E-state index >= 15 is 0 Å². The zero-order chi connectivity index (χ0) is 40.8. The highest BCUT2D eigenvalue weighted by Crippen LogP contribution is 2.20. The van der Waals surface area contributed by atoms with Crippen LogP contribution in [0.4, 0.5) is 0 Å². The van der Waals surface area contributed by atoms with Gasteiger partial charge < -0.3 is 32.7 Å². The van der Waals surface area contributed by atoms with E-state index in [0.717, 1.165) is 38.5 Å². The molecular formula is C34H63N11O6S4. The van der Waals surface area contributed by atoms with Gasteiger partial charge in [-0.1, -0.05) is 108 Å². The Morgan fingerprint density at radius 1 is 0.545 bits per heavy atom. The van der Waals surface area contributed by atoms with Crippen LogP contribution in [0.2, 0.25) is 0 Å². The lowest BCUT2D eigenvalue weighted by molar-refractivity contribution is -0.124. The van der Waals surface area contributed by atoms with Gasteiger partial charge in [-0.25, -0.2) is 15.8 Å². The van der Waals surface area contributed by atoms with Gasteiger partial charge in [0, 0.05) is 45.0 Å². The average molecular weight is 850 g/mol. The van der Waals surface area contributed by atoms with Crippen LogP contribution >= 0.6 is 43.2 Å². The van der Waals surface area contributed by atoms with Crippen LogP contribution in [0.25, 0.3) is 0 Å². The minimum Gasteiger partial charge on any atom is -0.370 e. The van der Waals surface area contributed by atoms with E-state index in [1.54, 1.807) is 12.4 Å². The number of nitrogens with two attached hydrogens (primary N) is 2. The molecule has 0 aliphatic carbocycles. The summed E-state index contributed by atoms with van der Waals surface area (Å²) in [5.74, 6) is -1.58. The molecule has 0 heterocycles. The monoisotopic (exact) mass is 849 g/mol. The number of hydrazone groups is 2. The number of nitrogens with zero attached hydrogens (tertiary/aromatic N) is 3. The number of carbonyl (C=O) groups is 6. The lowest BCUT2D eigenvalue weighted by Crippen LogP contribution is -2.41. The fraction of sp³-hybridized carbons (Fsp3) is 0.735. The van der Waals surface area contributed by atoms with Crippen molar-refractivity contribution < 1.29 is 28.8 Å². The molecule has 0 unspecified atom stereocenters. The number of amides is 6. The maximum absolute atomic E-state index is 12.7. The fourth-order valence-corrected chi connectivity index (χ4v) is 7.67. The predicted octanol–water partition coefficient (Wildman–Crippen LogP) is 2.56. The number of nitrogens with one attached hydrogen (secondary N) is 6. The lowest BCUT2D eigenvalue weighted by atomic mass is 10.1. The van der Waals surface area contributed by atoms with Gasteiger partial charge in [0.05, 0.1) is 23.0 Å². The molecule has 0 bridgehead atoms. The predicted molar refractivity (Wildman–Crippen MR) is 231 cm³/mol. The van der Waals surface area contributed by atoms with Gasteiger partial charge in [-0.2, -0.15) is 10.2 Å². The van der Waals surface area contributed by atoms with E-state index in [1.807, 2.05) is 0 Å². The number of rotatable bonds is 35. The molecule has 0 fully saturated rings. The van der Waals surface area contributed by atoms with Gasteiger partial charge in [0.15, 0.2) is 5.96 Å². The molecule has 17 nitrogen and oxygen atoms in total. The molecule has 0 aromatic heterocycles. The molecule has 0 saturated carbocycles. The third-order valence-corrected chi connectivity index (χ3v) is 11.4. The topological polar surface area (TPSA) is 264 Å². The highest BCUT2D eigenvalue weighted by molar-refractivity contribution is 8.77. The molecular weight excluding hydrogens is 787 g/mol. The molecule has 55 heavy (non-hydrogen) atoms. The number of unbranched alkanes of at least 4 members (excludes halogenated alkanes) is 10. The largest absolute Gasteiger partial charge is 0.370 e. The molecule has 314 valence electrons. The molecule has 0 aliphatic heterocycles. The normalized spacial score (nSPS) is 11.5. The minimum absolute atomic E-state index is 0.0336. The van der Waals surface area contributed by atoms with Crippen molar-refractivity contribution in [3.8, 4) is 0 Å². The Labute approximate surface area is 342 Å². The zero-order valence-corrected chi connectivity index (χ0v) is 35.6. The van der Waals surface area contributed by atoms with Gasteiger partial charge >= 0.3 is 0 Å². The van der Waals surface area contributed by atoms with E-state index in [-0.39, 0.29) is 97.5 Å². The maximum atomic E-state index is 12.7. The SMILES string of the molecule is CCCCCCC/C=N\NC(=O)CSSCC(=O)NCCNC(=O)CC[C@H](N=C(N)N)C(=O)NCCNC(=O)CSSCC(=O)N/N=C\CCCCCCC. The number of aliphatic imine (C=N–C) groups is 1. The Hall–Kier alpha value is -3.17. The van der Waals surface area contributed by atoms with E-state index in [2.05, 4.69) is 61.2 Å². The van der Waals surface area contributed by atoms with Crippen molar-refractivity contribution in [3.63, 3.8) is 0 Å². The Morgan fingerprint density at radius 3 is 1.38 bits per heavy atom. The molecule has 0 spiro atoms. The van der Waals surface area contributed by atoms with Crippen molar-refractivity contribution in [1.82, 2.24) is 32.1 Å². The molecule has 0 aromatic rings.